The van der Waals surface area contributed by atoms with Gasteiger partial charge in [0.2, 0.25) is 0 Å². The molecule has 0 N–H and O–H groups in total. The quantitative estimate of drug-likeness (QED) is 0.342. The summed E-state index contributed by atoms with van der Waals surface area (Å²) in [4.78, 5) is 12.5. The van der Waals surface area contributed by atoms with Gasteiger partial charge in [-0.1, -0.05) is 65.4 Å². The van der Waals surface area contributed by atoms with Gasteiger partial charge in [-0.2, -0.15) is 0 Å². The van der Waals surface area contributed by atoms with Crippen molar-refractivity contribution in [3.05, 3.63) is 70.3 Å². The van der Waals surface area contributed by atoms with E-state index in [-0.39, 0.29) is 5.52 Å². The second-order valence-corrected chi connectivity index (χ2v) is 8.79. The molecule has 0 aromatic heterocycles. The first-order valence-electron chi connectivity index (χ1n) is 9.60. The monoisotopic (exact) mass is 369 g/mol. The minimum atomic E-state index is -1.81. The number of aryl methyl sites for hydroxylation is 4. The van der Waals surface area contributed by atoms with E-state index in [4.69, 9.17) is 0 Å². The summed E-state index contributed by atoms with van der Waals surface area (Å²) >= 11 is 0. The molecule has 0 amide bonds. The van der Waals surface area contributed by atoms with Crippen LogP contribution in [0.2, 0.25) is 0 Å². The van der Waals surface area contributed by atoms with Crippen LogP contribution in [0.15, 0.2) is 42.5 Å². The molecular weight excluding hydrogens is 339 g/mol. The molecule has 1 unspecified atom stereocenters. The van der Waals surface area contributed by atoms with Crippen LogP contribution in [0.1, 0.15) is 64.7 Å². The first-order valence-corrected chi connectivity index (χ1v) is 11.0. The van der Waals surface area contributed by atoms with Crippen LogP contribution in [0.25, 0.3) is 0 Å². The molecular formula is C23H30O2P+. The van der Waals surface area contributed by atoms with Crippen molar-refractivity contribution in [1.29, 1.82) is 0 Å². The van der Waals surface area contributed by atoms with Gasteiger partial charge in [-0.3, -0.25) is 0 Å². The van der Waals surface area contributed by atoms with E-state index in [9.17, 15) is 9.36 Å². The van der Waals surface area contributed by atoms with Gasteiger partial charge in [0.1, 0.15) is 0 Å². The fourth-order valence-corrected chi connectivity index (χ4v) is 4.82. The smallest absolute Gasteiger partial charge is 0.234 e. The van der Waals surface area contributed by atoms with Gasteiger partial charge in [-0.25, -0.2) is 4.79 Å². The Morgan fingerprint density at radius 1 is 0.846 bits per heavy atom. The number of carbonyl (C=O) groups excluding carboxylic acids is 1. The fourth-order valence-electron chi connectivity index (χ4n) is 3.50. The highest BCUT2D eigenvalue weighted by Crippen LogP contribution is 2.32. The molecule has 3 heteroatoms. The maximum absolute atomic E-state index is 12.5. The Balaban J connectivity index is 1.68. The number of hydrogen-bond acceptors (Lipinski definition) is 2. The van der Waals surface area contributed by atoms with E-state index >= 15 is 0 Å². The third-order valence-corrected chi connectivity index (χ3v) is 6.19. The van der Waals surface area contributed by atoms with Gasteiger partial charge in [0.15, 0.2) is 6.16 Å². The minimum Gasteiger partial charge on any atom is -0.234 e. The van der Waals surface area contributed by atoms with Crippen molar-refractivity contribution in [2.24, 2.45) is 0 Å². The summed E-state index contributed by atoms with van der Waals surface area (Å²) < 4.78 is 12.4. The van der Waals surface area contributed by atoms with E-state index in [1.165, 1.54) is 18.4 Å². The zero-order chi connectivity index (χ0) is 18.9. The van der Waals surface area contributed by atoms with Crippen LogP contribution < -0.4 is 0 Å². The van der Waals surface area contributed by atoms with Crippen molar-refractivity contribution in [2.75, 3.05) is 6.16 Å². The van der Waals surface area contributed by atoms with Crippen LogP contribution >= 0.6 is 7.80 Å². The molecule has 0 bridgehead atoms. The Hall–Kier alpha value is -1.79. The molecule has 0 aliphatic carbocycles. The molecule has 0 fully saturated rings. The fraction of sp³-hybridized carbons (Fsp3) is 0.435. The van der Waals surface area contributed by atoms with Gasteiger partial charge in [0.05, 0.1) is 5.56 Å². The van der Waals surface area contributed by atoms with Gasteiger partial charge in [0.25, 0.3) is 0 Å². The summed E-state index contributed by atoms with van der Waals surface area (Å²) in [6, 6.07) is 14.6. The topological polar surface area (TPSA) is 34.1 Å². The number of rotatable bonds is 10. The lowest BCUT2D eigenvalue weighted by Crippen LogP contribution is -2.02. The van der Waals surface area contributed by atoms with Crippen LogP contribution in [0, 0.1) is 20.8 Å². The van der Waals surface area contributed by atoms with Crippen molar-refractivity contribution in [3.8, 4) is 0 Å². The molecule has 26 heavy (non-hydrogen) atoms. The molecule has 1 atom stereocenters. The molecule has 2 rings (SSSR count). The van der Waals surface area contributed by atoms with Crippen molar-refractivity contribution < 1.29 is 9.36 Å². The summed E-state index contributed by atoms with van der Waals surface area (Å²) in [5.74, 6) is 0. The minimum absolute atomic E-state index is 0.168. The Morgan fingerprint density at radius 3 is 2.08 bits per heavy atom. The van der Waals surface area contributed by atoms with Crippen LogP contribution in [-0.4, -0.2) is 11.7 Å². The van der Waals surface area contributed by atoms with Crippen LogP contribution in [0.3, 0.4) is 0 Å². The van der Waals surface area contributed by atoms with Crippen molar-refractivity contribution in [3.63, 3.8) is 0 Å². The highest BCUT2D eigenvalue weighted by atomic mass is 31.1. The zero-order valence-electron chi connectivity index (χ0n) is 16.3. The molecule has 0 aliphatic rings. The van der Waals surface area contributed by atoms with Gasteiger partial charge < -0.3 is 0 Å². The van der Waals surface area contributed by atoms with E-state index in [0.29, 0.717) is 11.7 Å². The van der Waals surface area contributed by atoms with Crippen LogP contribution in [0.4, 0.5) is 0 Å². The highest BCUT2D eigenvalue weighted by molar-refractivity contribution is 7.64. The third kappa shape index (κ3) is 6.18. The first-order chi connectivity index (χ1) is 12.5. The lowest BCUT2D eigenvalue weighted by molar-refractivity contribution is 0.107. The van der Waals surface area contributed by atoms with Gasteiger partial charge >= 0.3 is 13.3 Å². The second kappa shape index (κ2) is 10.4. The van der Waals surface area contributed by atoms with Gasteiger partial charge in [-0.05, 0) is 63.1 Å². The van der Waals surface area contributed by atoms with E-state index < -0.39 is 7.80 Å². The van der Waals surface area contributed by atoms with E-state index in [0.717, 1.165) is 42.4 Å². The molecule has 0 saturated carbocycles. The Labute approximate surface area is 158 Å². The lowest BCUT2D eigenvalue weighted by atomic mass is 10.0. The van der Waals surface area contributed by atoms with E-state index in [1.54, 1.807) is 0 Å². The standard InChI is InChI=1S/C23H30O2P/c1-18-16-19(2)22(20(3)17-18)23(24)26(25)15-11-6-4-5-8-12-21-13-9-7-10-14-21/h7,9-10,13-14,16-17H,4-6,8,11-12,15H2,1-3H3/q+1. The highest BCUT2D eigenvalue weighted by Gasteiger charge is 2.31. The molecule has 2 aromatic carbocycles. The number of hydrogen-bond donors (Lipinski definition) is 0. The largest absolute Gasteiger partial charge is 0.420 e. The van der Waals surface area contributed by atoms with Crippen molar-refractivity contribution >= 4 is 13.3 Å². The molecule has 0 radical (unpaired) electrons. The predicted octanol–water partition coefficient (Wildman–Crippen LogP) is 6.77. The molecule has 138 valence electrons. The average Bonchev–Trinajstić information content (AvgIpc) is 2.60. The van der Waals surface area contributed by atoms with Crippen LogP contribution in [0.5, 0.6) is 0 Å². The molecule has 0 heterocycles. The number of carbonyl (C=O) groups is 1. The number of benzene rings is 2. The summed E-state index contributed by atoms with van der Waals surface area (Å²) in [6.07, 6.45) is 7.09. The lowest BCUT2D eigenvalue weighted by Gasteiger charge is -2.05. The van der Waals surface area contributed by atoms with Gasteiger partial charge in [-0.15, -0.1) is 0 Å². The van der Waals surface area contributed by atoms with E-state index in [2.05, 4.69) is 24.3 Å². The average molecular weight is 369 g/mol. The Morgan fingerprint density at radius 2 is 1.42 bits per heavy atom. The van der Waals surface area contributed by atoms with Gasteiger partial charge in [0, 0.05) is 0 Å². The van der Waals surface area contributed by atoms with Crippen LogP contribution in [-0.2, 0) is 11.0 Å². The maximum Gasteiger partial charge on any atom is 0.420 e. The number of unbranched alkanes of at least 4 members (excludes halogenated alkanes) is 4. The molecule has 2 aromatic rings. The predicted molar refractivity (Wildman–Crippen MR) is 111 cm³/mol. The SMILES string of the molecule is Cc1cc(C)c(C(=O)[P+](=O)CCCCCCCc2ccccc2)c(C)c1. The molecule has 0 saturated heterocycles. The molecule has 2 nitrogen and oxygen atoms in total. The maximum atomic E-state index is 12.5. The summed E-state index contributed by atoms with van der Waals surface area (Å²) in [5.41, 5.74) is 4.92. The Kier molecular flexibility index (Phi) is 8.19. The van der Waals surface area contributed by atoms with Crippen molar-refractivity contribution in [2.45, 2.75) is 59.3 Å². The summed E-state index contributed by atoms with van der Waals surface area (Å²) in [7, 11) is -1.81. The normalized spacial score (nSPS) is 11.4. The van der Waals surface area contributed by atoms with E-state index in [1.807, 2.05) is 39.0 Å². The summed E-state index contributed by atoms with van der Waals surface area (Å²) in [6.45, 7) is 5.89. The first kappa shape index (κ1) is 20.5. The van der Waals surface area contributed by atoms with Crippen molar-refractivity contribution in [1.82, 2.24) is 0 Å². The Bertz CT molecular complexity index is 727. The zero-order valence-corrected chi connectivity index (χ0v) is 17.1. The second-order valence-electron chi connectivity index (χ2n) is 7.18. The molecule has 0 aliphatic heterocycles. The third-order valence-electron chi connectivity index (χ3n) is 4.79. The summed E-state index contributed by atoms with van der Waals surface area (Å²) in [5, 5.41) is 0. The molecule has 0 spiro atoms.